The molecule has 0 fully saturated rings. The fourth-order valence-corrected chi connectivity index (χ4v) is 2.83. The molecule has 2 rings (SSSR count). The van der Waals surface area contributed by atoms with Crippen molar-refractivity contribution in [3.63, 3.8) is 0 Å². The van der Waals surface area contributed by atoms with Crippen LogP contribution in [0.25, 0.3) is 11.4 Å². The van der Waals surface area contributed by atoms with Crippen molar-refractivity contribution in [2.75, 3.05) is 19.8 Å². The van der Waals surface area contributed by atoms with E-state index in [4.69, 9.17) is 14.2 Å². The first-order valence-electron chi connectivity index (χ1n) is 11.0. The molecule has 0 N–H and O–H groups in total. The molecule has 2 aromatic rings. The number of hydrogen-bond acceptors (Lipinski definition) is 5. The molecule has 0 saturated heterocycles. The number of benzene rings is 1. The van der Waals surface area contributed by atoms with Crippen molar-refractivity contribution in [1.29, 1.82) is 0 Å². The van der Waals surface area contributed by atoms with Gasteiger partial charge < -0.3 is 14.2 Å². The molecule has 0 aliphatic heterocycles. The third kappa shape index (κ3) is 9.27. The van der Waals surface area contributed by atoms with Crippen LogP contribution in [-0.4, -0.2) is 35.9 Å². The Morgan fingerprint density at radius 2 is 1.45 bits per heavy atom. The summed E-state index contributed by atoms with van der Waals surface area (Å²) in [5.74, 6) is 2.22. The fraction of sp³-hybridized carbons (Fsp3) is 0.583. The van der Waals surface area contributed by atoms with Crippen molar-refractivity contribution in [3.05, 3.63) is 36.7 Å². The van der Waals surface area contributed by atoms with Gasteiger partial charge in [0.2, 0.25) is 0 Å². The molecule has 1 atom stereocenters. The van der Waals surface area contributed by atoms with Gasteiger partial charge in [0.05, 0.1) is 25.1 Å². The van der Waals surface area contributed by atoms with E-state index in [9.17, 15) is 0 Å². The Balaban J connectivity index is 1.74. The van der Waals surface area contributed by atoms with Crippen LogP contribution in [0.5, 0.6) is 11.5 Å². The van der Waals surface area contributed by atoms with Crippen LogP contribution in [-0.2, 0) is 4.74 Å². The number of nitrogens with zero attached hydrogens (tertiary/aromatic N) is 2. The zero-order valence-corrected chi connectivity index (χ0v) is 18.2. The van der Waals surface area contributed by atoms with E-state index in [0.717, 1.165) is 43.8 Å². The molecule has 0 saturated carbocycles. The molecule has 0 aliphatic rings. The van der Waals surface area contributed by atoms with Crippen molar-refractivity contribution in [2.45, 2.75) is 71.8 Å². The highest BCUT2D eigenvalue weighted by Crippen LogP contribution is 2.20. The Morgan fingerprint density at radius 1 is 0.759 bits per heavy atom. The molecule has 1 aromatic carbocycles. The maximum atomic E-state index is 5.81. The van der Waals surface area contributed by atoms with E-state index in [1.807, 2.05) is 31.2 Å². The van der Waals surface area contributed by atoms with Crippen molar-refractivity contribution in [2.24, 2.45) is 0 Å². The zero-order valence-electron chi connectivity index (χ0n) is 18.2. The Bertz CT molecular complexity index is 659. The monoisotopic (exact) mass is 400 g/mol. The molecule has 5 nitrogen and oxygen atoms in total. The Kier molecular flexibility index (Phi) is 11.1. The van der Waals surface area contributed by atoms with Gasteiger partial charge in [0.25, 0.3) is 0 Å². The highest BCUT2D eigenvalue weighted by Gasteiger charge is 2.06. The molecule has 1 heterocycles. The average molecular weight is 401 g/mol. The van der Waals surface area contributed by atoms with Crippen molar-refractivity contribution in [1.82, 2.24) is 9.97 Å². The van der Waals surface area contributed by atoms with Gasteiger partial charge in [-0.15, -0.1) is 0 Å². The van der Waals surface area contributed by atoms with E-state index in [1.54, 1.807) is 12.4 Å². The molecular formula is C24H36N2O3. The van der Waals surface area contributed by atoms with Crippen molar-refractivity contribution >= 4 is 0 Å². The first-order valence-corrected chi connectivity index (χ1v) is 11.0. The van der Waals surface area contributed by atoms with E-state index in [2.05, 4.69) is 23.8 Å². The van der Waals surface area contributed by atoms with Crippen LogP contribution in [0.15, 0.2) is 36.7 Å². The lowest BCUT2D eigenvalue weighted by Gasteiger charge is -2.13. The van der Waals surface area contributed by atoms with Crippen LogP contribution < -0.4 is 9.47 Å². The summed E-state index contributed by atoms with van der Waals surface area (Å²) in [7, 11) is 0. The summed E-state index contributed by atoms with van der Waals surface area (Å²) in [6.07, 6.45) is 11.9. The van der Waals surface area contributed by atoms with Crippen molar-refractivity contribution < 1.29 is 14.2 Å². The zero-order chi connectivity index (χ0) is 20.7. The minimum Gasteiger partial charge on any atom is -0.494 e. The SMILES string of the molecule is CCCCCCCOc1ccc(-c2ncc(OC[C@@H](C)OCCCC)cn2)cc1. The largest absolute Gasteiger partial charge is 0.494 e. The standard InChI is InChI=1S/C24H36N2O3/c1-4-6-8-9-10-16-28-22-13-11-21(12-14-22)24-25-17-23(18-26-24)29-19-20(3)27-15-7-5-2/h11-14,17-18,20H,4-10,15-16,19H2,1-3H3/t20-/m1/s1. The van der Waals surface area contributed by atoms with E-state index in [1.165, 1.54) is 25.7 Å². The third-order valence-electron chi connectivity index (χ3n) is 4.64. The normalized spacial score (nSPS) is 12.0. The maximum absolute atomic E-state index is 5.81. The maximum Gasteiger partial charge on any atom is 0.159 e. The van der Waals surface area contributed by atoms with Crippen LogP contribution in [0.3, 0.4) is 0 Å². The predicted octanol–water partition coefficient (Wildman–Crippen LogP) is 6.08. The molecule has 0 bridgehead atoms. The second-order valence-electron chi connectivity index (χ2n) is 7.38. The first-order chi connectivity index (χ1) is 14.2. The summed E-state index contributed by atoms with van der Waals surface area (Å²) < 4.78 is 17.2. The van der Waals surface area contributed by atoms with Gasteiger partial charge in [0.15, 0.2) is 11.6 Å². The Morgan fingerprint density at radius 3 is 2.14 bits per heavy atom. The molecule has 0 aliphatic carbocycles. The minimum absolute atomic E-state index is 0.0559. The molecule has 1 aromatic heterocycles. The Labute approximate surface area is 175 Å². The van der Waals surface area contributed by atoms with E-state index >= 15 is 0 Å². The topological polar surface area (TPSA) is 53.5 Å². The van der Waals surface area contributed by atoms with Gasteiger partial charge in [-0.3, -0.25) is 0 Å². The van der Waals surface area contributed by atoms with E-state index in [0.29, 0.717) is 18.2 Å². The lowest BCUT2D eigenvalue weighted by atomic mass is 10.2. The molecule has 0 amide bonds. The fourth-order valence-electron chi connectivity index (χ4n) is 2.83. The molecule has 0 radical (unpaired) electrons. The summed E-state index contributed by atoms with van der Waals surface area (Å²) in [4.78, 5) is 8.84. The van der Waals surface area contributed by atoms with Gasteiger partial charge >= 0.3 is 0 Å². The van der Waals surface area contributed by atoms with E-state index < -0.39 is 0 Å². The number of aromatic nitrogens is 2. The van der Waals surface area contributed by atoms with E-state index in [-0.39, 0.29) is 6.10 Å². The van der Waals surface area contributed by atoms with Crippen molar-refractivity contribution in [3.8, 4) is 22.9 Å². The smallest absolute Gasteiger partial charge is 0.159 e. The number of ether oxygens (including phenoxy) is 3. The van der Waals surface area contributed by atoms with Crippen LogP contribution >= 0.6 is 0 Å². The second-order valence-corrected chi connectivity index (χ2v) is 7.38. The predicted molar refractivity (Wildman–Crippen MR) is 118 cm³/mol. The van der Waals surface area contributed by atoms with Gasteiger partial charge in [0, 0.05) is 12.2 Å². The minimum atomic E-state index is 0.0559. The third-order valence-corrected chi connectivity index (χ3v) is 4.64. The highest BCUT2D eigenvalue weighted by atomic mass is 16.5. The summed E-state index contributed by atoms with van der Waals surface area (Å²) in [5, 5.41) is 0. The molecule has 5 heteroatoms. The first kappa shape index (κ1) is 23.1. The quantitative estimate of drug-likeness (QED) is 0.339. The van der Waals surface area contributed by atoms with Crippen LogP contribution in [0, 0.1) is 0 Å². The molecule has 160 valence electrons. The van der Waals surface area contributed by atoms with Gasteiger partial charge in [-0.1, -0.05) is 46.0 Å². The lowest BCUT2D eigenvalue weighted by molar-refractivity contribution is 0.0307. The molecular weight excluding hydrogens is 364 g/mol. The number of unbranched alkanes of at least 4 members (excludes halogenated alkanes) is 5. The van der Waals surface area contributed by atoms with Gasteiger partial charge in [-0.2, -0.15) is 0 Å². The highest BCUT2D eigenvalue weighted by molar-refractivity contribution is 5.56. The molecule has 0 spiro atoms. The number of hydrogen-bond donors (Lipinski definition) is 0. The molecule has 29 heavy (non-hydrogen) atoms. The second kappa shape index (κ2) is 13.9. The van der Waals surface area contributed by atoms with Crippen LogP contribution in [0.4, 0.5) is 0 Å². The lowest BCUT2D eigenvalue weighted by Crippen LogP contribution is -2.18. The van der Waals surface area contributed by atoms with Gasteiger partial charge in [-0.25, -0.2) is 9.97 Å². The summed E-state index contributed by atoms with van der Waals surface area (Å²) in [6, 6.07) is 7.94. The van der Waals surface area contributed by atoms with Crippen LogP contribution in [0.2, 0.25) is 0 Å². The average Bonchev–Trinajstić information content (AvgIpc) is 2.76. The summed E-state index contributed by atoms with van der Waals surface area (Å²) >= 11 is 0. The summed E-state index contributed by atoms with van der Waals surface area (Å²) in [5.41, 5.74) is 0.961. The van der Waals surface area contributed by atoms with Gasteiger partial charge in [0.1, 0.15) is 12.4 Å². The van der Waals surface area contributed by atoms with Gasteiger partial charge in [-0.05, 0) is 44.0 Å². The Hall–Kier alpha value is -2.14. The number of rotatable bonds is 15. The summed E-state index contributed by atoms with van der Waals surface area (Å²) in [6.45, 7) is 8.44. The van der Waals surface area contributed by atoms with Crippen LogP contribution in [0.1, 0.15) is 65.7 Å². The molecule has 0 unspecified atom stereocenters.